The SMILES string of the molecule is O=C(NCc1ccccc1)C1(c2ccccc2)CCN(S(=O)(=O)NCc2ccc(F)cc2)CC1. The molecule has 8 heteroatoms. The minimum atomic E-state index is -3.75. The van der Waals surface area contributed by atoms with Crippen molar-refractivity contribution in [2.24, 2.45) is 0 Å². The van der Waals surface area contributed by atoms with Gasteiger partial charge < -0.3 is 5.32 Å². The van der Waals surface area contributed by atoms with Crippen LogP contribution < -0.4 is 10.0 Å². The largest absolute Gasteiger partial charge is 0.351 e. The molecule has 0 atom stereocenters. The average Bonchev–Trinajstić information content (AvgIpc) is 2.88. The summed E-state index contributed by atoms with van der Waals surface area (Å²) in [5.74, 6) is -0.468. The van der Waals surface area contributed by atoms with E-state index in [-0.39, 0.29) is 31.4 Å². The van der Waals surface area contributed by atoms with E-state index < -0.39 is 15.6 Å². The van der Waals surface area contributed by atoms with Gasteiger partial charge in [-0.05, 0) is 41.7 Å². The summed E-state index contributed by atoms with van der Waals surface area (Å²) in [6, 6.07) is 24.9. The Morgan fingerprint density at radius 2 is 1.38 bits per heavy atom. The van der Waals surface area contributed by atoms with E-state index >= 15 is 0 Å². The second kappa shape index (κ2) is 10.5. The van der Waals surface area contributed by atoms with Gasteiger partial charge in [-0.1, -0.05) is 72.8 Å². The summed E-state index contributed by atoms with van der Waals surface area (Å²) in [5, 5.41) is 3.06. The van der Waals surface area contributed by atoms with Gasteiger partial charge in [-0.2, -0.15) is 17.4 Å². The number of rotatable bonds is 8. The number of nitrogens with zero attached hydrogens (tertiary/aromatic N) is 1. The molecule has 178 valence electrons. The molecule has 2 N–H and O–H groups in total. The third-order valence-corrected chi connectivity index (χ3v) is 7.90. The Hall–Kier alpha value is -3.07. The van der Waals surface area contributed by atoms with Gasteiger partial charge in [0.1, 0.15) is 5.82 Å². The lowest BCUT2D eigenvalue weighted by atomic mass is 9.72. The Labute approximate surface area is 200 Å². The maximum atomic E-state index is 13.5. The van der Waals surface area contributed by atoms with Crippen molar-refractivity contribution < 1.29 is 17.6 Å². The van der Waals surface area contributed by atoms with E-state index in [1.54, 1.807) is 12.1 Å². The number of benzene rings is 3. The van der Waals surface area contributed by atoms with Crippen LogP contribution in [0.25, 0.3) is 0 Å². The summed E-state index contributed by atoms with van der Waals surface area (Å²) >= 11 is 0. The van der Waals surface area contributed by atoms with Crippen LogP contribution in [0.3, 0.4) is 0 Å². The van der Waals surface area contributed by atoms with Gasteiger partial charge in [0.05, 0.1) is 5.41 Å². The van der Waals surface area contributed by atoms with Gasteiger partial charge in [-0.15, -0.1) is 0 Å². The van der Waals surface area contributed by atoms with E-state index in [0.29, 0.717) is 24.9 Å². The molecule has 0 bridgehead atoms. The number of piperidine rings is 1. The van der Waals surface area contributed by atoms with Crippen LogP contribution in [0.1, 0.15) is 29.5 Å². The number of amides is 1. The van der Waals surface area contributed by atoms with Gasteiger partial charge in [0.2, 0.25) is 5.91 Å². The lowest BCUT2D eigenvalue weighted by Crippen LogP contribution is -2.54. The zero-order valence-electron chi connectivity index (χ0n) is 18.8. The number of hydrogen-bond donors (Lipinski definition) is 2. The molecule has 1 aliphatic heterocycles. The van der Waals surface area contributed by atoms with Crippen LogP contribution >= 0.6 is 0 Å². The predicted octanol–water partition coefficient (Wildman–Crippen LogP) is 3.51. The van der Waals surface area contributed by atoms with E-state index in [4.69, 9.17) is 0 Å². The molecule has 3 aromatic rings. The van der Waals surface area contributed by atoms with E-state index in [1.807, 2.05) is 60.7 Å². The summed E-state index contributed by atoms with van der Waals surface area (Å²) in [7, 11) is -3.75. The van der Waals surface area contributed by atoms with E-state index in [0.717, 1.165) is 11.1 Å². The minimum absolute atomic E-state index is 0.0699. The first kappa shape index (κ1) is 24.1. The van der Waals surface area contributed by atoms with Gasteiger partial charge in [-0.3, -0.25) is 4.79 Å². The van der Waals surface area contributed by atoms with Gasteiger partial charge in [-0.25, -0.2) is 4.39 Å². The number of nitrogens with one attached hydrogen (secondary N) is 2. The highest BCUT2D eigenvalue weighted by atomic mass is 32.2. The fourth-order valence-electron chi connectivity index (χ4n) is 4.33. The van der Waals surface area contributed by atoms with E-state index in [9.17, 15) is 17.6 Å². The summed E-state index contributed by atoms with van der Waals surface area (Å²) in [4.78, 5) is 13.5. The van der Waals surface area contributed by atoms with Crippen molar-refractivity contribution in [3.8, 4) is 0 Å². The molecular weight excluding hydrogens is 453 g/mol. The van der Waals surface area contributed by atoms with Crippen molar-refractivity contribution in [1.82, 2.24) is 14.3 Å². The van der Waals surface area contributed by atoms with Crippen LogP contribution in [0, 0.1) is 5.82 Å². The summed E-state index contributed by atoms with van der Waals surface area (Å²) in [5.41, 5.74) is 1.75. The molecule has 1 aliphatic rings. The normalized spacial score (nSPS) is 16.1. The predicted molar refractivity (Wildman–Crippen MR) is 129 cm³/mol. The summed E-state index contributed by atoms with van der Waals surface area (Å²) < 4.78 is 42.8. The fourth-order valence-corrected chi connectivity index (χ4v) is 5.52. The molecular formula is C26H28FN3O3S. The summed E-state index contributed by atoms with van der Waals surface area (Å²) in [6.45, 7) is 0.912. The molecule has 34 heavy (non-hydrogen) atoms. The lowest BCUT2D eigenvalue weighted by Gasteiger charge is -2.40. The molecule has 1 saturated heterocycles. The van der Waals surface area contributed by atoms with Crippen LogP contribution in [0.5, 0.6) is 0 Å². The van der Waals surface area contributed by atoms with Crippen molar-refractivity contribution in [2.45, 2.75) is 31.3 Å². The Morgan fingerprint density at radius 3 is 2.00 bits per heavy atom. The van der Waals surface area contributed by atoms with Crippen molar-refractivity contribution >= 4 is 16.1 Å². The summed E-state index contributed by atoms with van der Waals surface area (Å²) in [6.07, 6.45) is 0.740. The van der Waals surface area contributed by atoms with Gasteiger partial charge in [0.25, 0.3) is 10.2 Å². The number of carbonyl (C=O) groups excluding carboxylic acids is 1. The average molecular weight is 482 g/mol. The second-order valence-corrected chi connectivity index (χ2v) is 10.2. The second-order valence-electron chi connectivity index (χ2n) is 8.47. The minimum Gasteiger partial charge on any atom is -0.351 e. The monoisotopic (exact) mass is 481 g/mol. The third-order valence-electron chi connectivity index (χ3n) is 6.34. The Bertz CT molecular complexity index is 1200. The molecule has 0 aliphatic carbocycles. The van der Waals surface area contributed by atoms with E-state index in [1.165, 1.54) is 16.4 Å². The third kappa shape index (κ3) is 5.52. The van der Waals surface area contributed by atoms with Gasteiger partial charge in [0.15, 0.2) is 0 Å². The zero-order valence-corrected chi connectivity index (χ0v) is 19.6. The topological polar surface area (TPSA) is 78.5 Å². The van der Waals surface area contributed by atoms with Crippen LogP contribution in [-0.2, 0) is 33.5 Å². The number of halogens is 1. The molecule has 0 unspecified atom stereocenters. The van der Waals surface area contributed by atoms with Crippen molar-refractivity contribution in [3.05, 3.63) is 107 Å². The maximum absolute atomic E-state index is 13.5. The molecule has 3 aromatic carbocycles. The number of hydrogen-bond acceptors (Lipinski definition) is 3. The Morgan fingerprint density at radius 1 is 0.824 bits per heavy atom. The van der Waals surface area contributed by atoms with Crippen LogP contribution in [0.15, 0.2) is 84.9 Å². The fraction of sp³-hybridized carbons (Fsp3) is 0.269. The Balaban J connectivity index is 1.45. The highest BCUT2D eigenvalue weighted by Crippen LogP contribution is 2.36. The first-order valence-corrected chi connectivity index (χ1v) is 12.7. The number of carbonyl (C=O) groups is 1. The van der Waals surface area contributed by atoms with Gasteiger partial charge in [0, 0.05) is 26.2 Å². The molecule has 0 saturated carbocycles. The Kier molecular flexibility index (Phi) is 7.41. The maximum Gasteiger partial charge on any atom is 0.279 e. The highest BCUT2D eigenvalue weighted by molar-refractivity contribution is 7.87. The van der Waals surface area contributed by atoms with Crippen LogP contribution in [-0.4, -0.2) is 31.7 Å². The van der Waals surface area contributed by atoms with Crippen LogP contribution in [0.4, 0.5) is 4.39 Å². The molecule has 1 heterocycles. The quantitative estimate of drug-likeness (QED) is 0.517. The zero-order chi connectivity index (χ0) is 24.0. The van der Waals surface area contributed by atoms with Crippen molar-refractivity contribution in [2.75, 3.05) is 13.1 Å². The first-order valence-electron chi connectivity index (χ1n) is 11.3. The molecule has 0 radical (unpaired) electrons. The molecule has 4 rings (SSSR count). The molecule has 0 spiro atoms. The van der Waals surface area contributed by atoms with Crippen molar-refractivity contribution in [1.29, 1.82) is 0 Å². The molecule has 0 aromatic heterocycles. The standard InChI is InChI=1S/C26H28FN3O3S/c27-24-13-11-22(12-14-24)20-29-34(32,33)30-17-15-26(16-18-30,23-9-5-2-6-10-23)25(31)28-19-21-7-3-1-4-8-21/h1-14,29H,15-20H2,(H,28,31). The molecule has 6 nitrogen and oxygen atoms in total. The van der Waals surface area contributed by atoms with E-state index in [2.05, 4.69) is 10.0 Å². The lowest BCUT2D eigenvalue weighted by molar-refractivity contribution is -0.128. The van der Waals surface area contributed by atoms with Crippen molar-refractivity contribution in [3.63, 3.8) is 0 Å². The first-order chi connectivity index (χ1) is 16.4. The van der Waals surface area contributed by atoms with Crippen LogP contribution in [0.2, 0.25) is 0 Å². The highest BCUT2D eigenvalue weighted by Gasteiger charge is 2.44. The molecule has 1 fully saturated rings. The smallest absolute Gasteiger partial charge is 0.279 e. The molecule has 1 amide bonds. The van der Waals surface area contributed by atoms with Gasteiger partial charge >= 0.3 is 0 Å².